The molecule has 0 radical (unpaired) electrons. The van der Waals surface area contributed by atoms with E-state index in [9.17, 15) is 4.79 Å². The van der Waals surface area contributed by atoms with Crippen molar-refractivity contribution in [2.75, 3.05) is 18.4 Å². The zero-order valence-corrected chi connectivity index (χ0v) is 7.62. The summed E-state index contributed by atoms with van der Waals surface area (Å²) in [5.41, 5.74) is 5.93. The van der Waals surface area contributed by atoms with Gasteiger partial charge in [-0.3, -0.25) is 4.79 Å². The first-order chi connectivity index (χ1) is 5.75. The summed E-state index contributed by atoms with van der Waals surface area (Å²) in [7, 11) is 0. The van der Waals surface area contributed by atoms with Gasteiger partial charge in [0, 0.05) is 6.54 Å². The van der Waals surface area contributed by atoms with Crippen molar-refractivity contribution in [3.05, 3.63) is 20.8 Å². The van der Waals surface area contributed by atoms with E-state index in [1.54, 1.807) is 6.07 Å². The average molecular weight is 184 g/mol. The van der Waals surface area contributed by atoms with Gasteiger partial charge in [0.25, 0.3) is 0 Å². The van der Waals surface area contributed by atoms with Crippen LogP contribution in [0, 0.1) is 4.51 Å². The molecule has 0 heterocycles. The van der Waals surface area contributed by atoms with Gasteiger partial charge in [0.05, 0.1) is 10.2 Å². The summed E-state index contributed by atoms with van der Waals surface area (Å²) < 4.78 is 0.427. The number of anilines is 1. The second-order valence-electron chi connectivity index (χ2n) is 2.67. The zero-order valence-electron chi connectivity index (χ0n) is 6.80. The van der Waals surface area contributed by atoms with Crippen molar-refractivity contribution in [3.8, 4) is 0 Å². The number of nitrogens with one attached hydrogen (secondary N) is 1. The van der Waals surface area contributed by atoms with E-state index in [1.807, 2.05) is 0 Å². The van der Waals surface area contributed by atoms with Crippen LogP contribution in [0.15, 0.2) is 10.9 Å². The molecule has 4 heteroatoms. The van der Waals surface area contributed by atoms with E-state index in [0.29, 0.717) is 16.7 Å². The van der Waals surface area contributed by atoms with E-state index in [4.69, 9.17) is 18.0 Å². The van der Waals surface area contributed by atoms with Crippen LogP contribution in [0.3, 0.4) is 0 Å². The summed E-state index contributed by atoms with van der Waals surface area (Å²) in [6, 6.07) is 1.69. The molecule has 0 saturated heterocycles. The van der Waals surface area contributed by atoms with Gasteiger partial charge in [0.2, 0.25) is 5.43 Å². The van der Waals surface area contributed by atoms with Crippen LogP contribution in [0.4, 0.5) is 5.69 Å². The second-order valence-corrected chi connectivity index (χ2v) is 3.11. The van der Waals surface area contributed by atoms with Gasteiger partial charge >= 0.3 is 0 Å². The molecule has 0 aromatic heterocycles. The minimum Gasteiger partial charge on any atom is -0.382 e. The molecule has 0 spiro atoms. The molecule has 3 N–H and O–H groups in total. The van der Waals surface area contributed by atoms with E-state index in [-0.39, 0.29) is 5.43 Å². The van der Waals surface area contributed by atoms with Crippen LogP contribution in [0.5, 0.6) is 0 Å². The fraction of sp³-hybridized carbons (Fsp3) is 0.500. The van der Waals surface area contributed by atoms with Gasteiger partial charge in [-0.25, -0.2) is 0 Å². The van der Waals surface area contributed by atoms with E-state index in [2.05, 4.69) is 5.32 Å². The second kappa shape index (κ2) is 4.33. The van der Waals surface area contributed by atoms with Crippen molar-refractivity contribution in [1.29, 1.82) is 0 Å². The van der Waals surface area contributed by atoms with Gasteiger partial charge in [-0.15, -0.1) is 0 Å². The van der Waals surface area contributed by atoms with Gasteiger partial charge in [-0.2, -0.15) is 0 Å². The molecule has 1 aromatic rings. The highest BCUT2D eigenvalue weighted by Crippen LogP contribution is 2.03. The Balaban J connectivity index is 2.23. The van der Waals surface area contributed by atoms with Gasteiger partial charge in [0.1, 0.15) is 0 Å². The topological polar surface area (TPSA) is 55.1 Å². The molecule has 0 aliphatic rings. The SMILES string of the molecule is NCCCCNc1cc(=S)c1=O. The van der Waals surface area contributed by atoms with E-state index in [1.165, 1.54) is 0 Å². The van der Waals surface area contributed by atoms with Crippen molar-refractivity contribution in [2.24, 2.45) is 5.73 Å². The molecule has 1 aromatic carbocycles. The third kappa shape index (κ3) is 2.12. The summed E-state index contributed by atoms with van der Waals surface area (Å²) in [5, 5.41) is 3.00. The predicted molar refractivity (Wildman–Crippen MR) is 52.7 cm³/mol. The molecule has 66 valence electrons. The van der Waals surface area contributed by atoms with Crippen molar-refractivity contribution in [2.45, 2.75) is 12.8 Å². The van der Waals surface area contributed by atoms with Crippen LogP contribution >= 0.6 is 12.2 Å². The van der Waals surface area contributed by atoms with Gasteiger partial charge in [0.15, 0.2) is 0 Å². The van der Waals surface area contributed by atoms with Gasteiger partial charge in [-0.1, -0.05) is 12.2 Å². The van der Waals surface area contributed by atoms with Crippen LogP contribution in [0.1, 0.15) is 12.8 Å². The van der Waals surface area contributed by atoms with Crippen LogP contribution in [0.2, 0.25) is 0 Å². The largest absolute Gasteiger partial charge is 0.382 e. The molecular weight excluding hydrogens is 172 g/mol. The third-order valence-electron chi connectivity index (χ3n) is 1.69. The third-order valence-corrected chi connectivity index (χ3v) is 1.99. The number of hydrogen-bond donors (Lipinski definition) is 2. The monoisotopic (exact) mass is 184 g/mol. The Morgan fingerprint density at radius 2 is 2.25 bits per heavy atom. The lowest BCUT2D eigenvalue weighted by atomic mass is 10.2. The van der Waals surface area contributed by atoms with Crippen molar-refractivity contribution < 1.29 is 0 Å². The molecule has 3 nitrogen and oxygen atoms in total. The molecule has 0 aliphatic carbocycles. The Morgan fingerprint density at radius 3 is 2.75 bits per heavy atom. The molecular formula is C8H12N2OS. The Hall–Kier alpha value is -0.740. The first kappa shape index (κ1) is 9.35. The summed E-state index contributed by atoms with van der Waals surface area (Å²) in [6.45, 7) is 1.50. The normalized spacial score (nSPS) is 10.4. The molecule has 0 amide bonds. The lowest BCUT2D eigenvalue weighted by Crippen LogP contribution is -2.16. The van der Waals surface area contributed by atoms with E-state index < -0.39 is 0 Å². The quantitative estimate of drug-likeness (QED) is 0.525. The summed E-state index contributed by atoms with van der Waals surface area (Å²) in [6.07, 6.45) is 1.98. The van der Waals surface area contributed by atoms with Crippen LogP contribution < -0.4 is 16.5 Å². The van der Waals surface area contributed by atoms with E-state index in [0.717, 1.165) is 19.4 Å². The Bertz CT molecular complexity index is 314. The molecule has 0 bridgehead atoms. The fourth-order valence-corrected chi connectivity index (χ4v) is 1.17. The molecule has 1 rings (SSSR count). The lowest BCUT2D eigenvalue weighted by molar-refractivity contribution is 0.773. The first-order valence-corrected chi connectivity index (χ1v) is 4.41. The molecule has 0 unspecified atom stereocenters. The smallest absolute Gasteiger partial charge is 0.219 e. The minimum absolute atomic E-state index is 0.0299. The Morgan fingerprint density at radius 1 is 1.50 bits per heavy atom. The Labute approximate surface area is 76.3 Å². The molecule has 0 fully saturated rings. The maximum Gasteiger partial charge on any atom is 0.219 e. The van der Waals surface area contributed by atoms with Crippen LogP contribution in [0.25, 0.3) is 0 Å². The zero-order chi connectivity index (χ0) is 8.97. The van der Waals surface area contributed by atoms with E-state index >= 15 is 0 Å². The number of unbranched alkanes of at least 4 members (excludes halogenated alkanes) is 1. The summed E-state index contributed by atoms with van der Waals surface area (Å²) in [5.74, 6) is 0. The Kier molecular flexibility index (Phi) is 3.37. The number of nitrogens with two attached hydrogens (primary N) is 1. The van der Waals surface area contributed by atoms with Gasteiger partial charge in [-0.05, 0) is 25.5 Å². The van der Waals surface area contributed by atoms with Crippen molar-refractivity contribution in [3.63, 3.8) is 0 Å². The van der Waals surface area contributed by atoms with Crippen LogP contribution in [-0.4, -0.2) is 13.1 Å². The van der Waals surface area contributed by atoms with Crippen molar-refractivity contribution in [1.82, 2.24) is 0 Å². The average Bonchev–Trinajstić information content (AvgIpc) is 2.10. The number of rotatable bonds is 5. The predicted octanol–water partition coefficient (Wildman–Crippen LogP) is 0.803. The summed E-state index contributed by atoms with van der Waals surface area (Å²) >= 11 is 4.70. The maximum absolute atomic E-state index is 10.9. The standard InChI is InChI=1S/C8H12N2OS/c9-3-1-2-4-10-6-5-7(12)8(6)11/h5,10H,1-4,9H2. The molecule has 12 heavy (non-hydrogen) atoms. The highest BCUT2D eigenvalue weighted by molar-refractivity contribution is 7.71. The molecule has 0 aliphatic heterocycles. The highest BCUT2D eigenvalue weighted by Gasteiger charge is 2.03. The van der Waals surface area contributed by atoms with Crippen molar-refractivity contribution >= 4 is 17.9 Å². The highest BCUT2D eigenvalue weighted by atomic mass is 32.1. The molecule has 0 saturated carbocycles. The van der Waals surface area contributed by atoms with Gasteiger partial charge < -0.3 is 11.1 Å². The van der Waals surface area contributed by atoms with Crippen LogP contribution in [-0.2, 0) is 0 Å². The summed E-state index contributed by atoms with van der Waals surface area (Å²) in [4.78, 5) is 10.9. The minimum atomic E-state index is -0.0299. The maximum atomic E-state index is 10.9. The number of hydrogen-bond acceptors (Lipinski definition) is 4. The lowest BCUT2D eigenvalue weighted by Gasteiger charge is -2.05. The first-order valence-electron chi connectivity index (χ1n) is 4.00. The molecule has 0 atom stereocenters. The fourth-order valence-electron chi connectivity index (χ4n) is 0.941.